The van der Waals surface area contributed by atoms with Gasteiger partial charge >= 0.3 is 0 Å². The molecule has 5 heteroatoms. The van der Waals surface area contributed by atoms with Crippen molar-refractivity contribution in [2.75, 3.05) is 17.2 Å². The first-order valence-corrected chi connectivity index (χ1v) is 9.18. The molecule has 0 bridgehead atoms. The highest BCUT2D eigenvalue weighted by Gasteiger charge is 2.11. The second-order valence-corrected chi connectivity index (χ2v) is 6.39. The second kappa shape index (κ2) is 8.94. The summed E-state index contributed by atoms with van der Waals surface area (Å²) in [5.74, 6) is 0.230. The van der Waals surface area contributed by atoms with Crippen molar-refractivity contribution in [2.45, 2.75) is 26.7 Å². The summed E-state index contributed by atoms with van der Waals surface area (Å²) in [4.78, 5) is 21.3. The van der Waals surface area contributed by atoms with E-state index in [1.165, 1.54) is 11.1 Å². The first-order valence-electron chi connectivity index (χ1n) is 9.18. The van der Waals surface area contributed by atoms with Gasteiger partial charge in [-0.2, -0.15) is 0 Å². The average Bonchev–Trinajstić information content (AvgIpc) is 2.69. The highest BCUT2D eigenvalue weighted by molar-refractivity contribution is 6.03. The summed E-state index contributed by atoms with van der Waals surface area (Å²) in [6.07, 6.45) is 1.83. The average molecular weight is 360 g/mol. The van der Waals surface area contributed by atoms with Gasteiger partial charge in [-0.1, -0.05) is 49.4 Å². The molecule has 2 aromatic carbocycles. The van der Waals surface area contributed by atoms with Crippen molar-refractivity contribution in [3.63, 3.8) is 0 Å². The zero-order chi connectivity index (χ0) is 19.1. The Balaban J connectivity index is 1.63. The van der Waals surface area contributed by atoms with Crippen LogP contribution in [0.2, 0.25) is 0 Å². The van der Waals surface area contributed by atoms with Crippen molar-refractivity contribution in [1.82, 2.24) is 9.97 Å². The summed E-state index contributed by atoms with van der Waals surface area (Å²) in [7, 11) is 0. The Labute approximate surface area is 159 Å². The first-order chi connectivity index (χ1) is 13.1. The third-order valence-electron chi connectivity index (χ3n) is 4.25. The molecule has 0 aliphatic rings. The number of aromatic nitrogens is 2. The number of aryl methyl sites for hydroxylation is 2. The normalized spacial score (nSPS) is 10.4. The summed E-state index contributed by atoms with van der Waals surface area (Å²) in [5.41, 5.74) is 4.33. The molecule has 0 radical (unpaired) electrons. The number of hydrogen-bond acceptors (Lipinski definition) is 4. The minimum absolute atomic E-state index is 0.240. The van der Waals surface area contributed by atoms with E-state index in [1.54, 1.807) is 6.07 Å². The first kappa shape index (κ1) is 18.6. The fraction of sp³-hybridized carbons (Fsp3) is 0.227. The van der Waals surface area contributed by atoms with E-state index in [0.717, 1.165) is 24.2 Å². The molecule has 3 aromatic rings. The predicted octanol–water partition coefficient (Wildman–Crippen LogP) is 4.25. The van der Waals surface area contributed by atoms with E-state index < -0.39 is 0 Å². The lowest BCUT2D eigenvalue weighted by Gasteiger charge is -2.09. The van der Waals surface area contributed by atoms with Gasteiger partial charge in [-0.15, -0.1) is 0 Å². The number of nitrogens with zero attached hydrogens (tertiary/aromatic N) is 2. The van der Waals surface area contributed by atoms with E-state index in [1.807, 2.05) is 49.4 Å². The lowest BCUT2D eigenvalue weighted by atomic mass is 10.1. The summed E-state index contributed by atoms with van der Waals surface area (Å²) in [6.45, 7) is 4.66. The van der Waals surface area contributed by atoms with Crippen LogP contribution in [0.1, 0.15) is 34.2 Å². The van der Waals surface area contributed by atoms with Gasteiger partial charge in [-0.05, 0) is 49.1 Å². The highest BCUT2D eigenvalue weighted by atomic mass is 16.1. The van der Waals surface area contributed by atoms with Gasteiger partial charge in [0.15, 0.2) is 0 Å². The number of amides is 1. The van der Waals surface area contributed by atoms with Gasteiger partial charge in [0, 0.05) is 17.9 Å². The minimum atomic E-state index is -0.240. The van der Waals surface area contributed by atoms with Gasteiger partial charge in [-0.25, -0.2) is 9.97 Å². The maximum Gasteiger partial charge on any atom is 0.274 e. The van der Waals surface area contributed by atoms with Gasteiger partial charge in [0.05, 0.1) is 0 Å². The van der Waals surface area contributed by atoms with Gasteiger partial charge < -0.3 is 10.6 Å². The Kier molecular flexibility index (Phi) is 6.15. The standard InChI is InChI=1S/C22H24N4O/c1-3-17-9-11-19(12-10-17)25-21(27)20-15-16(2)24-22(26-20)23-14-13-18-7-5-4-6-8-18/h4-12,15H,3,13-14H2,1-2H3,(H,25,27)(H,23,24,26). The zero-order valence-electron chi connectivity index (χ0n) is 15.7. The lowest BCUT2D eigenvalue weighted by molar-refractivity contribution is 0.102. The lowest BCUT2D eigenvalue weighted by Crippen LogP contribution is -2.17. The molecule has 27 heavy (non-hydrogen) atoms. The molecule has 0 atom stereocenters. The van der Waals surface area contributed by atoms with Crippen molar-refractivity contribution in [1.29, 1.82) is 0 Å². The molecule has 3 rings (SSSR count). The van der Waals surface area contributed by atoms with Crippen molar-refractivity contribution >= 4 is 17.5 Å². The molecule has 2 N–H and O–H groups in total. The van der Waals surface area contributed by atoms with Crippen LogP contribution in [0.5, 0.6) is 0 Å². The van der Waals surface area contributed by atoms with Crippen LogP contribution in [0.15, 0.2) is 60.7 Å². The summed E-state index contributed by atoms with van der Waals surface area (Å²) in [6, 6.07) is 19.7. The van der Waals surface area contributed by atoms with Crippen LogP contribution in [-0.4, -0.2) is 22.4 Å². The maximum atomic E-state index is 12.5. The summed E-state index contributed by atoms with van der Waals surface area (Å²) < 4.78 is 0. The molecule has 0 fully saturated rings. The monoisotopic (exact) mass is 360 g/mol. The van der Waals surface area contributed by atoms with E-state index in [-0.39, 0.29) is 5.91 Å². The molecule has 1 heterocycles. The topological polar surface area (TPSA) is 66.9 Å². The van der Waals surface area contributed by atoms with Crippen LogP contribution in [-0.2, 0) is 12.8 Å². The fourth-order valence-corrected chi connectivity index (χ4v) is 2.75. The molecule has 138 valence electrons. The van der Waals surface area contributed by atoms with Gasteiger partial charge in [-0.3, -0.25) is 4.79 Å². The number of carbonyl (C=O) groups is 1. The van der Waals surface area contributed by atoms with Crippen LogP contribution < -0.4 is 10.6 Å². The van der Waals surface area contributed by atoms with E-state index >= 15 is 0 Å². The van der Waals surface area contributed by atoms with Crippen molar-refractivity contribution in [3.05, 3.63) is 83.2 Å². The Hall–Kier alpha value is -3.21. The smallest absolute Gasteiger partial charge is 0.274 e. The molecule has 0 saturated carbocycles. The fourth-order valence-electron chi connectivity index (χ4n) is 2.75. The molecule has 0 spiro atoms. The van der Waals surface area contributed by atoms with Gasteiger partial charge in [0.25, 0.3) is 5.91 Å². The quantitative estimate of drug-likeness (QED) is 0.661. The van der Waals surface area contributed by atoms with Gasteiger partial charge in [0.2, 0.25) is 5.95 Å². The zero-order valence-corrected chi connectivity index (χ0v) is 15.7. The number of hydrogen-bond donors (Lipinski definition) is 2. The molecule has 1 amide bonds. The number of benzene rings is 2. The highest BCUT2D eigenvalue weighted by Crippen LogP contribution is 2.12. The Morgan fingerprint density at radius 1 is 0.963 bits per heavy atom. The number of anilines is 2. The van der Waals surface area contributed by atoms with Crippen LogP contribution in [0.4, 0.5) is 11.6 Å². The van der Waals surface area contributed by atoms with E-state index in [9.17, 15) is 4.79 Å². The molecule has 0 aliphatic heterocycles. The molecule has 5 nitrogen and oxygen atoms in total. The molecular weight excluding hydrogens is 336 g/mol. The Morgan fingerprint density at radius 3 is 2.41 bits per heavy atom. The van der Waals surface area contributed by atoms with Crippen molar-refractivity contribution in [2.24, 2.45) is 0 Å². The number of nitrogens with one attached hydrogen (secondary N) is 2. The van der Waals surface area contributed by atoms with Crippen LogP contribution >= 0.6 is 0 Å². The molecular formula is C22H24N4O. The molecule has 0 unspecified atom stereocenters. The molecule has 0 saturated heterocycles. The summed E-state index contributed by atoms with van der Waals surface area (Å²) in [5, 5.41) is 6.09. The molecule has 0 aliphatic carbocycles. The van der Waals surface area contributed by atoms with Crippen molar-refractivity contribution < 1.29 is 4.79 Å². The van der Waals surface area contributed by atoms with Crippen LogP contribution in [0.25, 0.3) is 0 Å². The summed E-state index contributed by atoms with van der Waals surface area (Å²) >= 11 is 0. The second-order valence-electron chi connectivity index (χ2n) is 6.39. The third-order valence-corrected chi connectivity index (χ3v) is 4.25. The van der Waals surface area contributed by atoms with Crippen LogP contribution in [0.3, 0.4) is 0 Å². The Bertz CT molecular complexity index is 892. The third kappa shape index (κ3) is 5.38. The largest absolute Gasteiger partial charge is 0.354 e. The van der Waals surface area contributed by atoms with Crippen molar-refractivity contribution in [3.8, 4) is 0 Å². The number of carbonyl (C=O) groups excluding carboxylic acids is 1. The molecule has 1 aromatic heterocycles. The SMILES string of the molecule is CCc1ccc(NC(=O)c2cc(C)nc(NCCc3ccccc3)n2)cc1. The van der Waals surface area contributed by atoms with E-state index in [2.05, 4.69) is 39.7 Å². The maximum absolute atomic E-state index is 12.5. The van der Waals surface area contributed by atoms with E-state index in [4.69, 9.17) is 0 Å². The minimum Gasteiger partial charge on any atom is -0.354 e. The predicted molar refractivity (Wildman–Crippen MR) is 109 cm³/mol. The number of rotatable bonds is 7. The van der Waals surface area contributed by atoms with Crippen LogP contribution in [0, 0.1) is 6.92 Å². The van der Waals surface area contributed by atoms with Gasteiger partial charge in [0.1, 0.15) is 5.69 Å². The Morgan fingerprint density at radius 2 is 1.70 bits per heavy atom. The van der Waals surface area contributed by atoms with E-state index in [0.29, 0.717) is 18.2 Å².